The van der Waals surface area contributed by atoms with Gasteiger partial charge in [-0.3, -0.25) is 9.69 Å². The molecule has 1 saturated heterocycles. The van der Waals surface area contributed by atoms with Crippen LogP contribution in [0.25, 0.3) is 0 Å². The highest BCUT2D eigenvalue weighted by Gasteiger charge is 2.17. The lowest BCUT2D eigenvalue weighted by atomic mass is 10.1. The summed E-state index contributed by atoms with van der Waals surface area (Å²) in [5, 5.41) is 3.18. The van der Waals surface area contributed by atoms with E-state index in [0.29, 0.717) is 0 Å². The minimum absolute atomic E-state index is 0.773. The van der Waals surface area contributed by atoms with Gasteiger partial charge in [0.15, 0.2) is 5.13 Å². The SMILES string of the molecule is O=Cc1cccc(CCCN2CCN(c3nccs3)CC2)c1. The summed E-state index contributed by atoms with van der Waals surface area (Å²) in [5.41, 5.74) is 2.03. The highest BCUT2D eigenvalue weighted by molar-refractivity contribution is 7.13. The topological polar surface area (TPSA) is 36.4 Å². The molecule has 4 nitrogen and oxygen atoms in total. The highest BCUT2D eigenvalue weighted by Crippen LogP contribution is 2.19. The predicted octanol–water partition coefficient (Wildman–Crippen LogP) is 2.71. The zero-order valence-corrected chi connectivity index (χ0v) is 13.5. The Morgan fingerprint density at radius 1 is 1.23 bits per heavy atom. The number of hydrogen-bond acceptors (Lipinski definition) is 5. The van der Waals surface area contributed by atoms with Crippen molar-refractivity contribution in [1.29, 1.82) is 0 Å². The third kappa shape index (κ3) is 3.93. The molecule has 22 heavy (non-hydrogen) atoms. The van der Waals surface area contributed by atoms with Crippen molar-refractivity contribution in [3.8, 4) is 0 Å². The molecule has 0 spiro atoms. The van der Waals surface area contributed by atoms with Crippen LogP contribution in [0.5, 0.6) is 0 Å². The fourth-order valence-corrected chi connectivity index (χ4v) is 3.56. The molecule has 0 bridgehead atoms. The average molecular weight is 315 g/mol. The molecule has 1 fully saturated rings. The van der Waals surface area contributed by atoms with Crippen molar-refractivity contribution in [2.75, 3.05) is 37.6 Å². The van der Waals surface area contributed by atoms with Crippen molar-refractivity contribution < 1.29 is 4.79 Å². The number of aldehydes is 1. The van der Waals surface area contributed by atoms with Crippen molar-refractivity contribution in [3.63, 3.8) is 0 Å². The first kappa shape index (κ1) is 15.2. The van der Waals surface area contributed by atoms with Gasteiger partial charge in [0.1, 0.15) is 6.29 Å². The van der Waals surface area contributed by atoms with Crippen LogP contribution in [-0.4, -0.2) is 48.9 Å². The highest BCUT2D eigenvalue weighted by atomic mass is 32.1. The van der Waals surface area contributed by atoms with Crippen LogP contribution in [0.1, 0.15) is 22.3 Å². The van der Waals surface area contributed by atoms with Gasteiger partial charge in [0, 0.05) is 43.3 Å². The molecule has 0 atom stereocenters. The van der Waals surface area contributed by atoms with E-state index in [1.165, 1.54) is 5.56 Å². The lowest BCUT2D eigenvalue weighted by molar-refractivity contribution is 0.112. The lowest BCUT2D eigenvalue weighted by Crippen LogP contribution is -2.46. The Labute approximate surface area is 135 Å². The quantitative estimate of drug-likeness (QED) is 0.768. The predicted molar refractivity (Wildman–Crippen MR) is 90.9 cm³/mol. The number of nitrogens with zero attached hydrogens (tertiary/aromatic N) is 3. The Balaban J connectivity index is 1.41. The van der Waals surface area contributed by atoms with Gasteiger partial charge in [-0.1, -0.05) is 18.2 Å². The summed E-state index contributed by atoms with van der Waals surface area (Å²) in [5.74, 6) is 0. The Morgan fingerprint density at radius 3 is 2.82 bits per heavy atom. The van der Waals surface area contributed by atoms with E-state index in [9.17, 15) is 4.79 Å². The molecule has 1 aromatic heterocycles. The van der Waals surface area contributed by atoms with Crippen molar-refractivity contribution >= 4 is 22.8 Å². The summed E-state index contributed by atoms with van der Waals surface area (Å²) in [7, 11) is 0. The second-order valence-electron chi connectivity index (χ2n) is 5.61. The van der Waals surface area contributed by atoms with Gasteiger partial charge in [-0.15, -0.1) is 11.3 Å². The Kier molecular flexibility index (Phi) is 5.19. The molecule has 1 aliphatic rings. The van der Waals surface area contributed by atoms with Gasteiger partial charge in [-0.25, -0.2) is 4.98 Å². The molecule has 0 unspecified atom stereocenters. The molecule has 2 heterocycles. The zero-order chi connectivity index (χ0) is 15.2. The number of rotatable bonds is 6. The molecule has 1 aliphatic heterocycles. The summed E-state index contributed by atoms with van der Waals surface area (Å²) in [4.78, 5) is 20.1. The van der Waals surface area contributed by atoms with Crippen LogP contribution in [-0.2, 0) is 6.42 Å². The molecule has 0 amide bonds. The summed E-state index contributed by atoms with van der Waals surface area (Å²) in [6.07, 6.45) is 4.97. The third-order valence-electron chi connectivity index (χ3n) is 4.09. The van der Waals surface area contributed by atoms with Crippen molar-refractivity contribution in [2.45, 2.75) is 12.8 Å². The zero-order valence-electron chi connectivity index (χ0n) is 12.6. The Morgan fingerprint density at radius 2 is 2.09 bits per heavy atom. The average Bonchev–Trinajstić information content (AvgIpc) is 3.10. The molecular formula is C17H21N3OS. The number of aryl methyl sites for hydroxylation is 1. The summed E-state index contributed by atoms with van der Waals surface area (Å²) in [6.45, 7) is 5.46. The number of piperazine rings is 1. The first-order valence-electron chi connectivity index (χ1n) is 7.76. The molecule has 3 rings (SSSR count). The standard InChI is InChI=1S/C17H21N3OS/c21-14-16-4-1-3-15(13-16)5-2-7-19-8-10-20(11-9-19)17-18-6-12-22-17/h1,3-4,6,12-14H,2,5,7-11H2. The first-order valence-corrected chi connectivity index (χ1v) is 8.64. The van der Waals surface area contributed by atoms with Crippen LogP contribution >= 0.6 is 11.3 Å². The minimum Gasteiger partial charge on any atom is -0.346 e. The number of anilines is 1. The van der Waals surface area contributed by atoms with Gasteiger partial charge in [0.05, 0.1) is 0 Å². The second kappa shape index (κ2) is 7.51. The molecule has 116 valence electrons. The third-order valence-corrected chi connectivity index (χ3v) is 4.92. The van der Waals surface area contributed by atoms with E-state index >= 15 is 0 Å². The fourth-order valence-electron chi connectivity index (χ4n) is 2.86. The number of carbonyl (C=O) groups is 1. The van der Waals surface area contributed by atoms with Crippen LogP contribution in [0.2, 0.25) is 0 Å². The Bertz CT molecular complexity index is 592. The number of aromatic nitrogens is 1. The maximum Gasteiger partial charge on any atom is 0.185 e. The number of carbonyl (C=O) groups excluding carboxylic acids is 1. The second-order valence-corrected chi connectivity index (χ2v) is 6.48. The van der Waals surface area contributed by atoms with Gasteiger partial charge in [0.2, 0.25) is 0 Å². The first-order chi connectivity index (χ1) is 10.8. The molecule has 0 saturated carbocycles. The number of benzene rings is 1. The monoisotopic (exact) mass is 315 g/mol. The van der Waals surface area contributed by atoms with E-state index in [1.54, 1.807) is 11.3 Å². The van der Waals surface area contributed by atoms with Crippen LogP contribution in [0, 0.1) is 0 Å². The molecular weight excluding hydrogens is 294 g/mol. The lowest BCUT2D eigenvalue weighted by Gasteiger charge is -2.34. The van der Waals surface area contributed by atoms with E-state index in [0.717, 1.165) is 62.5 Å². The normalized spacial score (nSPS) is 15.9. The van der Waals surface area contributed by atoms with Crippen LogP contribution in [0.4, 0.5) is 5.13 Å². The molecule has 1 aromatic carbocycles. The van der Waals surface area contributed by atoms with Gasteiger partial charge in [-0.05, 0) is 31.0 Å². The van der Waals surface area contributed by atoms with Crippen molar-refractivity contribution in [3.05, 3.63) is 47.0 Å². The Hall–Kier alpha value is -1.72. The molecule has 2 aromatic rings. The van der Waals surface area contributed by atoms with E-state index in [1.807, 2.05) is 29.8 Å². The maximum atomic E-state index is 10.8. The van der Waals surface area contributed by atoms with Crippen LogP contribution < -0.4 is 4.90 Å². The minimum atomic E-state index is 0.773. The van der Waals surface area contributed by atoms with Gasteiger partial charge < -0.3 is 4.90 Å². The van der Waals surface area contributed by atoms with Crippen molar-refractivity contribution in [1.82, 2.24) is 9.88 Å². The molecule has 5 heteroatoms. The molecule has 0 aliphatic carbocycles. The van der Waals surface area contributed by atoms with Gasteiger partial charge in [0.25, 0.3) is 0 Å². The molecule has 0 radical (unpaired) electrons. The van der Waals surface area contributed by atoms with Crippen LogP contribution in [0.3, 0.4) is 0 Å². The van der Waals surface area contributed by atoms with E-state index < -0.39 is 0 Å². The summed E-state index contributed by atoms with van der Waals surface area (Å²) in [6, 6.07) is 7.92. The van der Waals surface area contributed by atoms with E-state index in [-0.39, 0.29) is 0 Å². The van der Waals surface area contributed by atoms with E-state index in [4.69, 9.17) is 0 Å². The molecule has 0 N–H and O–H groups in total. The van der Waals surface area contributed by atoms with Crippen molar-refractivity contribution in [2.24, 2.45) is 0 Å². The largest absolute Gasteiger partial charge is 0.346 e. The smallest absolute Gasteiger partial charge is 0.185 e. The fraction of sp³-hybridized carbons (Fsp3) is 0.412. The van der Waals surface area contributed by atoms with Gasteiger partial charge in [-0.2, -0.15) is 0 Å². The van der Waals surface area contributed by atoms with Crippen LogP contribution in [0.15, 0.2) is 35.8 Å². The summed E-state index contributed by atoms with van der Waals surface area (Å²) < 4.78 is 0. The number of hydrogen-bond donors (Lipinski definition) is 0. The van der Waals surface area contributed by atoms with E-state index in [2.05, 4.69) is 20.9 Å². The summed E-state index contributed by atoms with van der Waals surface area (Å²) >= 11 is 1.72. The number of thiazole rings is 1. The van der Waals surface area contributed by atoms with Gasteiger partial charge >= 0.3 is 0 Å². The maximum absolute atomic E-state index is 10.8.